The van der Waals surface area contributed by atoms with E-state index < -0.39 is 0 Å². The van der Waals surface area contributed by atoms with Gasteiger partial charge >= 0.3 is 0 Å². The lowest BCUT2D eigenvalue weighted by molar-refractivity contribution is 0.548. The molecule has 0 aliphatic rings. The average Bonchev–Trinajstić information content (AvgIpc) is 2.87. The van der Waals surface area contributed by atoms with Gasteiger partial charge in [-0.3, -0.25) is 0 Å². The second-order valence-corrected chi connectivity index (χ2v) is 5.20. The molecule has 4 heteroatoms. The lowest BCUT2D eigenvalue weighted by atomic mass is 10.1. The van der Waals surface area contributed by atoms with Crippen molar-refractivity contribution in [2.24, 2.45) is 5.92 Å². The highest BCUT2D eigenvalue weighted by Gasteiger charge is 2.03. The molecule has 1 aromatic carbocycles. The van der Waals surface area contributed by atoms with Gasteiger partial charge in [-0.1, -0.05) is 38.1 Å². The molecule has 0 fully saturated rings. The highest BCUT2D eigenvalue weighted by atomic mass is 15.4. The minimum absolute atomic E-state index is 0.650. The first-order valence-corrected chi connectivity index (χ1v) is 6.90. The van der Waals surface area contributed by atoms with E-state index in [4.69, 9.17) is 0 Å². The van der Waals surface area contributed by atoms with E-state index in [1.54, 1.807) is 0 Å². The zero-order valence-electron chi connectivity index (χ0n) is 11.9. The van der Waals surface area contributed by atoms with E-state index in [-0.39, 0.29) is 0 Å². The maximum Gasteiger partial charge on any atom is 0.0969 e. The van der Waals surface area contributed by atoms with Crippen molar-refractivity contribution in [3.63, 3.8) is 0 Å². The van der Waals surface area contributed by atoms with Crippen LogP contribution >= 0.6 is 0 Å². The van der Waals surface area contributed by atoms with Crippen LogP contribution < -0.4 is 5.32 Å². The second kappa shape index (κ2) is 6.48. The van der Waals surface area contributed by atoms with Crippen molar-refractivity contribution in [2.75, 3.05) is 6.54 Å². The Labute approximate surface area is 114 Å². The molecule has 0 aliphatic carbocycles. The summed E-state index contributed by atoms with van der Waals surface area (Å²) in [5.74, 6) is 0.650. The lowest BCUT2D eigenvalue weighted by Crippen LogP contribution is -2.19. The molecule has 1 N–H and O–H groups in total. The Balaban J connectivity index is 1.99. The number of hydrogen-bond donors (Lipinski definition) is 1. The highest BCUT2D eigenvalue weighted by molar-refractivity contribution is 5.33. The van der Waals surface area contributed by atoms with E-state index in [1.807, 2.05) is 10.9 Å². The number of aryl methyl sites for hydroxylation is 1. The fraction of sp³-hybridized carbons (Fsp3) is 0.467. The summed E-state index contributed by atoms with van der Waals surface area (Å²) in [4.78, 5) is 0. The Morgan fingerprint density at radius 1 is 1.21 bits per heavy atom. The van der Waals surface area contributed by atoms with Crippen molar-refractivity contribution in [3.8, 4) is 5.69 Å². The predicted molar refractivity (Wildman–Crippen MR) is 77.3 cm³/mol. The van der Waals surface area contributed by atoms with Crippen molar-refractivity contribution in [1.29, 1.82) is 0 Å². The number of nitrogens with one attached hydrogen (secondary N) is 1. The van der Waals surface area contributed by atoms with Gasteiger partial charge in [0.1, 0.15) is 0 Å². The molecule has 0 bridgehead atoms. The Morgan fingerprint density at radius 2 is 1.95 bits per heavy atom. The van der Waals surface area contributed by atoms with Crippen LogP contribution in [0.25, 0.3) is 5.69 Å². The summed E-state index contributed by atoms with van der Waals surface area (Å²) in [6.07, 6.45) is 3.04. The third-order valence-corrected chi connectivity index (χ3v) is 3.01. The van der Waals surface area contributed by atoms with E-state index in [0.717, 1.165) is 30.9 Å². The maximum atomic E-state index is 4.18. The Morgan fingerprint density at radius 3 is 2.58 bits per heavy atom. The van der Waals surface area contributed by atoms with Crippen LogP contribution in [-0.2, 0) is 13.0 Å². The third kappa shape index (κ3) is 3.89. The maximum absolute atomic E-state index is 4.18. The molecule has 0 atom stereocenters. The molecule has 2 rings (SSSR count). The summed E-state index contributed by atoms with van der Waals surface area (Å²) in [5.41, 5.74) is 3.36. The largest absolute Gasteiger partial charge is 0.311 e. The fourth-order valence-corrected chi connectivity index (χ4v) is 1.88. The van der Waals surface area contributed by atoms with Crippen molar-refractivity contribution in [3.05, 3.63) is 41.7 Å². The smallest absolute Gasteiger partial charge is 0.0969 e. The number of rotatable bonds is 6. The summed E-state index contributed by atoms with van der Waals surface area (Å²) in [6.45, 7) is 8.31. The third-order valence-electron chi connectivity index (χ3n) is 3.01. The molecule has 0 spiro atoms. The molecule has 1 aromatic heterocycles. The van der Waals surface area contributed by atoms with Crippen LogP contribution in [0.1, 0.15) is 32.0 Å². The van der Waals surface area contributed by atoms with E-state index in [1.165, 1.54) is 5.56 Å². The summed E-state index contributed by atoms with van der Waals surface area (Å²) < 4.78 is 1.83. The Hall–Kier alpha value is -1.68. The molecular weight excluding hydrogens is 236 g/mol. The predicted octanol–water partition coefficient (Wildman–Crippen LogP) is 2.58. The normalized spacial score (nSPS) is 11.2. The summed E-state index contributed by atoms with van der Waals surface area (Å²) in [6, 6.07) is 8.43. The molecular formula is C15H22N4. The van der Waals surface area contributed by atoms with Crippen LogP contribution in [-0.4, -0.2) is 21.5 Å². The van der Waals surface area contributed by atoms with Crippen molar-refractivity contribution < 1.29 is 0 Å². The van der Waals surface area contributed by atoms with Crippen molar-refractivity contribution in [1.82, 2.24) is 20.3 Å². The number of nitrogens with zero attached hydrogens (tertiary/aromatic N) is 3. The molecule has 0 aliphatic heterocycles. The summed E-state index contributed by atoms with van der Waals surface area (Å²) >= 11 is 0. The van der Waals surface area contributed by atoms with Gasteiger partial charge in [-0.2, -0.15) is 0 Å². The van der Waals surface area contributed by atoms with E-state index in [9.17, 15) is 0 Å². The topological polar surface area (TPSA) is 42.7 Å². The van der Waals surface area contributed by atoms with Crippen molar-refractivity contribution >= 4 is 0 Å². The number of aromatic nitrogens is 3. The van der Waals surface area contributed by atoms with E-state index in [0.29, 0.717) is 5.92 Å². The zero-order valence-corrected chi connectivity index (χ0v) is 11.9. The van der Waals surface area contributed by atoms with Crippen LogP contribution in [0.3, 0.4) is 0 Å². The highest BCUT2D eigenvalue weighted by Crippen LogP contribution is 2.09. The Bertz CT molecular complexity index is 499. The van der Waals surface area contributed by atoms with Crippen molar-refractivity contribution in [2.45, 2.75) is 33.7 Å². The summed E-state index contributed by atoms with van der Waals surface area (Å²) in [7, 11) is 0. The molecule has 1 heterocycles. The first kappa shape index (κ1) is 13.7. The molecule has 4 nitrogen and oxygen atoms in total. The van der Waals surface area contributed by atoms with Gasteiger partial charge in [-0.05, 0) is 36.6 Å². The van der Waals surface area contributed by atoms with Gasteiger partial charge in [0.25, 0.3) is 0 Å². The van der Waals surface area contributed by atoms with Crippen LogP contribution in [0.5, 0.6) is 0 Å². The fourth-order valence-electron chi connectivity index (χ4n) is 1.88. The first-order chi connectivity index (χ1) is 9.19. The van der Waals surface area contributed by atoms with E-state index in [2.05, 4.69) is 60.7 Å². The molecule has 0 saturated heterocycles. The van der Waals surface area contributed by atoms with Gasteiger partial charge < -0.3 is 5.32 Å². The van der Waals surface area contributed by atoms with Crippen LogP contribution in [0.4, 0.5) is 0 Å². The van der Waals surface area contributed by atoms with Gasteiger partial charge in [0.15, 0.2) is 0 Å². The number of hydrogen-bond acceptors (Lipinski definition) is 3. The molecule has 0 amide bonds. The van der Waals surface area contributed by atoms with E-state index >= 15 is 0 Å². The van der Waals surface area contributed by atoms with Gasteiger partial charge in [-0.25, -0.2) is 4.68 Å². The first-order valence-electron chi connectivity index (χ1n) is 6.90. The minimum Gasteiger partial charge on any atom is -0.311 e. The van der Waals surface area contributed by atoms with Gasteiger partial charge in [-0.15, -0.1) is 5.10 Å². The quantitative estimate of drug-likeness (QED) is 0.866. The standard InChI is InChI=1S/C15H22N4/c1-4-13-5-7-15(8-6-13)19-11-14(17-18-19)10-16-9-12(2)3/h5-8,11-12,16H,4,9-10H2,1-3H3. The minimum atomic E-state index is 0.650. The van der Waals surface area contributed by atoms with Gasteiger partial charge in [0, 0.05) is 6.54 Å². The molecule has 0 unspecified atom stereocenters. The number of benzene rings is 1. The molecule has 2 aromatic rings. The monoisotopic (exact) mass is 258 g/mol. The van der Waals surface area contributed by atoms with Crippen LogP contribution in [0.15, 0.2) is 30.5 Å². The van der Waals surface area contributed by atoms with Crippen LogP contribution in [0, 0.1) is 5.92 Å². The second-order valence-electron chi connectivity index (χ2n) is 5.20. The van der Waals surface area contributed by atoms with Gasteiger partial charge in [0.2, 0.25) is 0 Å². The molecule has 0 saturated carbocycles. The summed E-state index contributed by atoms with van der Waals surface area (Å²) in [5, 5.41) is 11.7. The zero-order chi connectivity index (χ0) is 13.7. The Kier molecular flexibility index (Phi) is 4.68. The molecule has 102 valence electrons. The van der Waals surface area contributed by atoms with Crippen LogP contribution in [0.2, 0.25) is 0 Å². The molecule has 19 heavy (non-hydrogen) atoms. The SMILES string of the molecule is CCc1ccc(-n2cc(CNCC(C)C)nn2)cc1. The average molecular weight is 258 g/mol. The lowest BCUT2D eigenvalue weighted by Gasteiger charge is -2.04. The van der Waals surface area contributed by atoms with Gasteiger partial charge in [0.05, 0.1) is 17.6 Å². The molecule has 0 radical (unpaired) electrons.